The van der Waals surface area contributed by atoms with E-state index in [4.69, 9.17) is 0 Å². The second-order valence-electron chi connectivity index (χ2n) is 11.2. The zero-order valence-corrected chi connectivity index (χ0v) is 24.5. The van der Waals surface area contributed by atoms with Gasteiger partial charge in [0.15, 0.2) is 5.82 Å². The lowest BCUT2D eigenvalue weighted by Crippen LogP contribution is -2.23. The van der Waals surface area contributed by atoms with Gasteiger partial charge in [-0.15, -0.1) is 0 Å². The lowest BCUT2D eigenvalue weighted by molar-refractivity contribution is -0.116. The number of nitrogens with zero attached hydrogens (tertiary/aromatic N) is 3. The number of carbonyl (C=O) groups excluding carboxylic acids is 1. The molecule has 44 heavy (non-hydrogen) atoms. The first-order chi connectivity index (χ1) is 21.3. The highest BCUT2D eigenvalue weighted by Gasteiger charge is 2.27. The maximum absolute atomic E-state index is 15.2. The Morgan fingerprint density at radius 2 is 2.00 bits per heavy atom. The minimum Gasteiger partial charge on any atom is -0.392 e. The van der Waals surface area contributed by atoms with E-state index in [1.165, 1.54) is 10.6 Å². The zero-order chi connectivity index (χ0) is 30.8. The van der Waals surface area contributed by atoms with E-state index in [9.17, 15) is 14.7 Å². The Hall–Kier alpha value is -5.02. The van der Waals surface area contributed by atoms with Crippen molar-refractivity contribution in [2.24, 2.45) is 7.05 Å². The van der Waals surface area contributed by atoms with Gasteiger partial charge >= 0.3 is 0 Å². The number of aryl methyl sites for hydroxylation is 1. The number of hydrogen-bond donors (Lipinski definition) is 3. The molecular formula is C35H34FN5O3. The molecule has 9 heteroatoms. The van der Waals surface area contributed by atoms with Crippen LogP contribution in [-0.2, 0) is 31.4 Å². The predicted octanol–water partition coefficient (Wildman–Crippen LogP) is 5.54. The highest BCUT2D eigenvalue weighted by molar-refractivity contribution is 5.86. The molecule has 2 aliphatic rings. The fourth-order valence-corrected chi connectivity index (χ4v) is 5.62. The van der Waals surface area contributed by atoms with E-state index in [-0.39, 0.29) is 29.7 Å². The lowest BCUT2D eigenvalue weighted by atomic mass is 9.96. The first kappa shape index (κ1) is 29.1. The summed E-state index contributed by atoms with van der Waals surface area (Å²) in [5.74, 6) is 0.164. The van der Waals surface area contributed by atoms with Crippen LogP contribution in [0.1, 0.15) is 46.6 Å². The number of rotatable bonds is 10. The number of aromatic nitrogens is 2. The molecule has 1 amide bonds. The Balaban J connectivity index is 1.28. The molecular weight excluding hydrogens is 557 g/mol. The first-order valence-corrected chi connectivity index (χ1v) is 14.7. The number of benzene rings is 3. The van der Waals surface area contributed by atoms with Gasteiger partial charge in [0, 0.05) is 54.1 Å². The number of anilines is 3. The highest BCUT2D eigenvalue weighted by Crippen LogP contribution is 2.42. The summed E-state index contributed by atoms with van der Waals surface area (Å²) < 4.78 is 16.7. The monoisotopic (exact) mass is 591 g/mol. The summed E-state index contributed by atoms with van der Waals surface area (Å²) in [7, 11) is 1.66. The quantitative estimate of drug-likeness (QED) is 0.210. The summed E-state index contributed by atoms with van der Waals surface area (Å²) in [4.78, 5) is 31.2. The summed E-state index contributed by atoms with van der Waals surface area (Å²) in [6, 6.07) is 16.9. The third-order valence-electron chi connectivity index (χ3n) is 8.12. The van der Waals surface area contributed by atoms with E-state index in [1.54, 1.807) is 19.3 Å². The molecule has 1 aromatic heterocycles. The number of carbonyl (C=O) groups is 1. The fourth-order valence-electron chi connectivity index (χ4n) is 5.62. The lowest BCUT2D eigenvalue weighted by Gasteiger charge is -2.29. The molecule has 0 atom stereocenters. The van der Waals surface area contributed by atoms with Gasteiger partial charge in [-0.2, -0.15) is 0 Å². The Bertz CT molecular complexity index is 1840. The molecule has 0 spiro atoms. The molecule has 2 heterocycles. The van der Waals surface area contributed by atoms with Crippen LogP contribution < -0.4 is 21.1 Å². The van der Waals surface area contributed by atoms with Crippen molar-refractivity contribution in [1.29, 1.82) is 0 Å². The summed E-state index contributed by atoms with van der Waals surface area (Å²) >= 11 is 0. The van der Waals surface area contributed by atoms with Crippen LogP contribution in [0.4, 0.5) is 21.6 Å². The number of amides is 1. The van der Waals surface area contributed by atoms with Gasteiger partial charge < -0.3 is 25.2 Å². The molecule has 0 radical (unpaired) electrons. The van der Waals surface area contributed by atoms with E-state index >= 15 is 4.39 Å². The van der Waals surface area contributed by atoms with E-state index in [2.05, 4.69) is 28.3 Å². The summed E-state index contributed by atoms with van der Waals surface area (Å²) in [5.41, 5.74) is 6.45. The second kappa shape index (κ2) is 12.3. The van der Waals surface area contributed by atoms with Crippen molar-refractivity contribution in [1.82, 2.24) is 14.9 Å². The molecule has 0 bridgehead atoms. The highest BCUT2D eigenvalue weighted by atomic mass is 19.1. The Labute approximate surface area is 255 Å². The molecule has 3 N–H and O–H groups in total. The molecule has 4 aromatic rings. The zero-order valence-electron chi connectivity index (χ0n) is 24.5. The Kier molecular flexibility index (Phi) is 8.13. The van der Waals surface area contributed by atoms with E-state index in [1.807, 2.05) is 59.6 Å². The van der Waals surface area contributed by atoms with Crippen molar-refractivity contribution in [2.45, 2.75) is 38.3 Å². The SMILES string of the molecule is C=CC(=O)NCCc1cccc(Nc2nc(-c3cccc(N4C=Cc5cc(C6CC6)cc(F)c5C4)c3CO)cn(C)c2=O)c1. The summed E-state index contributed by atoms with van der Waals surface area (Å²) in [6.07, 6.45) is 9.56. The van der Waals surface area contributed by atoms with Crippen molar-refractivity contribution in [3.8, 4) is 11.3 Å². The van der Waals surface area contributed by atoms with Crippen LogP contribution in [-0.4, -0.2) is 27.1 Å². The molecule has 1 fully saturated rings. The fraction of sp³-hybridized carbons (Fsp3) is 0.229. The number of aliphatic hydroxyl groups is 1. The maximum atomic E-state index is 15.2. The van der Waals surface area contributed by atoms with Crippen molar-refractivity contribution < 1.29 is 14.3 Å². The van der Waals surface area contributed by atoms with Crippen LogP contribution in [0.3, 0.4) is 0 Å². The average Bonchev–Trinajstić information content (AvgIpc) is 3.89. The largest absolute Gasteiger partial charge is 0.392 e. The molecule has 6 rings (SSSR count). The van der Waals surface area contributed by atoms with E-state index < -0.39 is 0 Å². The van der Waals surface area contributed by atoms with Gasteiger partial charge in [-0.3, -0.25) is 9.59 Å². The van der Waals surface area contributed by atoms with Crippen molar-refractivity contribution in [3.05, 3.63) is 124 Å². The van der Waals surface area contributed by atoms with Crippen molar-refractivity contribution in [2.75, 3.05) is 16.8 Å². The molecule has 1 aliphatic carbocycles. The molecule has 0 unspecified atom stereocenters. The van der Waals surface area contributed by atoms with Crippen LogP contribution >= 0.6 is 0 Å². The van der Waals surface area contributed by atoms with E-state index in [0.29, 0.717) is 53.5 Å². The minimum absolute atomic E-state index is 0.136. The molecule has 224 valence electrons. The molecule has 1 aliphatic heterocycles. The third kappa shape index (κ3) is 6.05. The average molecular weight is 592 g/mol. The normalized spacial score (nSPS) is 13.8. The van der Waals surface area contributed by atoms with Crippen LogP contribution in [0.2, 0.25) is 0 Å². The Morgan fingerprint density at radius 1 is 1.18 bits per heavy atom. The van der Waals surface area contributed by atoms with Gasteiger partial charge in [0.2, 0.25) is 5.91 Å². The van der Waals surface area contributed by atoms with Crippen molar-refractivity contribution >= 4 is 29.2 Å². The number of aliphatic hydroxyl groups excluding tert-OH is 1. The molecule has 3 aromatic carbocycles. The predicted molar refractivity (Wildman–Crippen MR) is 171 cm³/mol. The van der Waals surface area contributed by atoms with Gasteiger partial charge in [-0.05, 0) is 78.3 Å². The van der Waals surface area contributed by atoms with Gasteiger partial charge in [0.1, 0.15) is 5.82 Å². The summed E-state index contributed by atoms with van der Waals surface area (Å²) in [5, 5.41) is 16.5. The first-order valence-electron chi connectivity index (χ1n) is 14.7. The number of nitrogens with one attached hydrogen (secondary N) is 2. The molecule has 8 nitrogen and oxygen atoms in total. The van der Waals surface area contributed by atoms with Crippen LogP contribution in [0.5, 0.6) is 0 Å². The number of hydrogen-bond acceptors (Lipinski definition) is 6. The molecule has 1 saturated carbocycles. The third-order valence-corrected chi connectivity index (χ3v) is 8.12. The minimum atomic E-state index is -0.310. The standard InChI is InChI=1S/C35H34FN5O3/c1-3-33(43)37-14-12-22-6-4-7-26(16-22)38-34-35(44)40(2)20-31(39-34)27-8-5-9-32(29(27)21-42)41-15-13-24-17-25(23-10-11-23)18-30(36)28(24)19-41/h3-9,13,15-18,20,23,42H,1,10-12,14,19,21H2,2H3,(H,37,43)(H,38,39). The van der Waals surface area contributed by atoms with E-state index in [0.717, 1.165) is 35.2 Å². The smallest absolute Gasteiger partial charge is 0.293 e. The summed E-state index contributed by atoms with van der Waals surface area (Å²) in [6.45, 7) is 3.97. The number of halogens is 1. The second-order valence-corrected chi connectivity index (χ2v) is 11.2. The van der Waals surface area contributed by atoms with Gasteiger partial charge in [-0.25, -0.2) is 9.37 Å². The topological polar surface area (TPSA) is 99.5 Å². The Morgan fingerprint density at radius 3 is 2.77 bits per heavy atom. The van der Waals surface area contributed by atoms with Crippen LogP contribution in [0.25, 0.3) is 17.3 Å². The van der Waals surface area contributed by atoms with Crippen molar-refractivity contribution in [3.63, 3.8) is 0 Å². The van der Waals surface area contributed by atoms with Crippen LogP contribution in [0.15, 0.2) is 84.4 Å². The van der Waals surface area contributed by atoms with Gasteiger partial charge in [0.25, 0.3) is 5.56 Å². The number of fused-ring (bicyclic) bond motifs is 1. The van der Waals surface area contributed by atoms with Gasteiger partial charge in [-0.1, -0.05) is 36.9 Å². The molecule has 0 saturated heterocycles. The maximum Gasteiger partial charge on any atom is 0.293 e. The van der Waals surface area contributed by atoms with Gasteiger partial charge in [0.05, 0.1) is 18.8 Å². The van der Waals surface area contributed by atoms with Crippen LogP contribution in [0, 0.1) is 5.82 Å².